The van der Waals surface area contributed by atoms with E-state index in [4.69, 9.17) is 9.47 Å². The third-order valence-corrected chi connectivity index (χ3v) is 3.40. The molecule has 2 aromatic carbocycles. The van der Waals surface area contributed by atoms with Crippen molar-refractivity contribution in [2.45, 2.75) is 6.92 Å². The van der Waals surface area contributed by atoms with E-state index in [1.165, 1.54) is 0 Å². The van der Waals surface area contributed by atoms with Gasteiger partial charge in [-0.15, -0.1) is 0 Å². The van der Waals surface area contributed by atoms with Crippen molar-refractivity contribution in [3.8, 4) is 11.1 Å². The van der Waals surface area contributed by atoms with Gasteiger partial charge in [-0.1, -0.05) is 43.0 Å². The summed E-state index contributed by atoms with van der Waals surface area (Å²) < 4.78 is 9.89. The Bertz CT molecular complexity index is 773. The van der Waals surface area contributed by atoms with Gasteiger partial charge in [-0.3, -0.25) is 4.79 Å². The van der Waals surface area contributed by atoms with Gasteiger partial charge in [0.15, 0.2) is 0 Å². The molecule has 0 unspecified atom stereocenters. The second-order valence-electron chi connectivity index (χ2n) is 5.37. The van der Waals surface area contributed by atoms with Crippen molar-refractivity contribution < 1.29 is 23.9 Å². The number of carbonyl (C=O) groups is 3. The number of esters is 2. The van der Waals surface area contributed by atoms with Crippen LogP contribution in [0.15, 0.2) is 60.7 Å². The lowest BCUT2D eigenvalue weighted by Gasteiger charge is -2.07. The molecule has 0 heterocycles. The zero-order valence-corrected chi connectivity index (χ0v) is 13.9. The second kappa shape index (κ2) is 8.59. The smallest absolute Gasteiger partial charge is 0.338 e. The maximum Gasteiger partial charge on any atom is 0.338 e. The van der Waals surface area contributed by atoms with Crippen LogP contribution in [0, 0.1) is 0 Å². The van der Waals surface area contributed by atoms with Crippen LogP contribution in [-0.4, -0.2) is 31.4 Å². The van der Waals surface area contributed by atoms with E-state index >= 15 is 0 Å². The van der Waals surface area contributed by atoms with E-state index in [2.05, 4.69) is 6.58 Å². The molecule has 0 saturated carbocycles. The maximum absolute atomic E-state index is 11.9. The predicted molar refractivity (Wildman–Crippen MR) is 93.3 cm³/mol. The van der Waals surface area contributed by atoms with E-state index in [0.717, 1.165) is 17.4 Å². The highest BCUT2D eigenvalue weighted by molar-refractivity contribution is 5.90. The van der Waals surface area contributed by atoms with Crippen molar-refractivity contribution in [1.29, 1.82) is 0 Å². The summed E-state index contributed by atoms with van der Waals surface area (Å²) in [4.78, 5) is 33.8. The Labute approximate surface area is 145 Å². The van der Waals surface area contributed by atoms with E-state index in [1.807, 2.05) is 12.1 Å². The minimum Gasteiger partial charge on any atom is -0.459 e. The van der Waals surface area contributed by atoms with Crippen molar-refractivity contribution in [2.75, 3.05) is 13.2 Å². The second-order valence-corrected chi connectivity index (χ2v) is 5.37. The van der Waals surface area contributed by atoms with Gasteiger partial charge in [0.1, 0.15) is 19.5 Å². The molecule has 5 nitrogen and oxygen atoms in total. The molecule has 25 heavy (non-hydrogen) atoms. The fourth-order valence-corrected chi connectivity index (χ4v) is 2.03. The Morgan fingerprint density at radius 2 is 1.44 bits per heavy atom. The molecule has 0 amide bonds. The predicted octanol–water partition coefficient (Wildman–Crippen LogP) is 3.44. The molecule has 0 saturated heterocycles. The number of benzene rings is 2. The van der Waals surface area contributed by atoms with Crippen molar-refractivity contribution in [3.63, 3.8) is 0 Å². The monoisotopic (exact) mass is 338 g/mol. The average Bonchev–Trinajstić information content (AvgIpc) is 2.65. The van der Waals surface area contributed by atoms with Gasteiger partial charge in [0.2, 0.25) is 0 Å². The number of aldehydes is 1. The van der Waals surface area contributed by atoms with Crippen LogP contribution in [0.2, 0.25) is 0 Å². The number of rotatable bonds is 7. The zero-order valence-electron chi connectivity index (χ0n) is 13.9. The highest BCUT2D eigenvalue weighted by Crippen LogP contribution is 2.20. The van der Waals surface area contributed by atoms with Gasteiger partial charge < -0.3 is 9.47 Å². The summed E-state index contributed by atoms with van der Waals surface area (Å²) in [6.07, 6.45) is 0.788. The lowest BCUT2D eigenvalue weighted by atomic mass is 10.0. The maximum atomic E-state index is 11.9. The van der Waals surface area contributed by atoms with E-state index in [-0.39, 0.29) is 13.2 Å². The summed E-state index contributed by atoms with van der Waals surface area (Å²) in [7, 11) is 0. The largest absolute Gasteiger partial charge is 0.459 e. The minimum atomic E-state index is -0.513. The van der Waals surface area contributed by atoms with Crippen molar-refractivity contribution in [2.24, 2.45) is 0 Å². The van der Waals surface area contributed by atoms with Gasteiger partial charge in [0.25, 0.3) is 0 Å². The van der Waals surface area contributed by atoms with E-state index in [1.54, 1.807) is 43.3 Å². The fourth-order valence-electron chi connectivity index (χ4n) is 2.03. The van der Waals surface area contributed by atoms with Gasteiger partial charge in [-0.05, 0) is 30.2 Å². The molecule has 0 N–H and O–H groups in total. The van der Waals surface area contributed by atoms with Crippen LogP contribution in [0.25, 0.3) is 11.1 Å². The van der Waals surface area contributed by atoms with E-state index in [9.17, 15) is 14.4 Å². The van der Waals surface area contributed by atoms with Crippen LogP contribution < -0.4 is 0 Å². The average molecular weight is 338 g/mol. The topological polar surface area (TPSA) is 69.7 Å². The molecule has 0 aliphatic carbocycles. The summed E-state index contributed by atoms with van der Waals surface area (Å²) in [6.45, 7) is 4.97. The van der Waals surface area contributed by atoms with Crippen LogP contribution in [0.4, 0.5) is 0 Å². The van der Waals surface area contributed by atoms with Crippen molar-refractivity contribution in [1.82, 2.24) is 0 Å². The van der Waals surface area contributed by atoms with Crippen LogP contribution in [0.3, 0.4) is 0 Å². The van der Waals surface area contributed by atoms with E-state index in [0.29, 0.717) is 16.7 Å². The van der Waals surface area contributed by atoms with Crippen molar-refractivity contribution >= 4 is 18.2 Å². The molecule has 128 valence electrons. The Kier molecular flexibility index (Phi) is 6.23. The van der Waals surface area contributed by atoms with Gasteiger partial charge >= 0.3 is 11.9 Å². The lowest BCUT2D eigenvalue weighted by Crippen LogP contribution is -2.14. The Hall–Kier alpha value is -3.21. The first kappa shape index (κ1) is 18.1. The van der Waals surface area contributed by atoms with Crippen LogP contribution in [0.5, 0.6) is 0 Å². The summed E-state index contributed by atoms with van der Waals surface area (Å²) >= 11 is 0. The first-order valence-corrected chi connectivity index (χ1v) is 7.66. The highest BCUT2D eigenvalue weighted by atomic mass is 16.6. The number of carbonyl (C=O) groups excluding carboxylic acids is 3. The molecule has 0 bridgehead atoms. The molecule has 0 spiro atoms. The van der Waals surface area contributed by atoms with Gasteiger partial charge in [-0.25, -0.2) is 9.59 Å². The Balaban J connectivity index is 1.90. The van der Waals surface area contributed by atoms with Gasteiger partial charge in [0.05, 0.1) is 5.56 Å². The number of ether oxygens (including phenoxy) is 2. The zero-order chi connectivity index (χ0) is 18.2. The van der Waals surface area contributed by atoms with Crippen molar-refractivity contribution in [3.05, 3.63) is 71.8 Å². The normalized spacial score (nSPS) is 9.96. The summed E-state index contributed by atoms with van der Waals surface area (Å²) in [5, 5.41) is 0. The lowest BCUT2D eigenvalue weighted by molar-refractivity contribution is -0.140. The molecule has 5 heteroatoms. The molecule has 0 radical (unpaired) electrons. The summed E-state index contributed by atoms with van der Waals surface area (Å²) in [5.41, 5.74) is 3.17. The van der Waals surface area contributed by atoms with Gasteiger partial charge in [-0.2, -0.15) is 0 Å². The fraction of sp³-hybridized carbons (Fsp3) is 0.150. The molecule has 0 aliphatic heterocycles. The Morgan fingerprint density at radius 3 is 1.96 bits per heavy atom. The Morgan fingerprint density at radius 1 is 0.920 bits per heavy atom. The van der Waals surface area contributed by atoms with Crippen LogP contribution in [-0.2, 0) is 14.3 Å². The third kappa shape index (κ3) is 5.14. The first-order chi connectivity index (χ1) is 12.0. The van der Waals surface area contributed by atoms with E-state index < -0.39 is 11.9 Å². The quantitative estimate of drug-likeness (QED) is 0.335. The molecule has 0 aromatic heterocycles. The van der Waals surface area contributed by atoms with Crippen LogP contribution >= 0.6 is 0 Å². The minimum absolute atomic E-state index is 0.0153. The first-order valence-electron chi connectivity index (χ1n) is 7.66. The van der Waals surface area contributed by atoms with Gasteiger partial charge in [0, 0.05) is 11.1 Å². The third-order valence-electron chi connectivity index (χ3n) is 3.40. The molecule has 2 rings (SSSR count). The number of hydrogen-bond acceptors (Lipinski definition) is 5. The molecular weight excluding hydrogens is 320 g/mol. The highest BCUT2D eigenvalue weighted by Gasteiger charge is 2.09. The molecular formula is C20H18O5. The summed E-state index contributed by atoms with van der Waals surface area (Å²) in [5.74, 6) is -1.00. The van der Waals surface area contributed by atoms with Crippen LogP contribution in [0.1, 0.15) is 27.6 Å². The molecule has 0 atom stereocenters. The number of hydrogen-bond donors (Lipinski definition) is 0. The standard InChI is InChI=1S/C20H18O5/c1-14(2)19(22)24-11-12-25-20(23)18-9-7-17(8-10-18)16-5-3-15(13-21)4-6-16/h3-10,13H,1,11-12H2,2H3. The molecule has 0 aliphatic rings. The SMILES string of the molecule is C=C(C)C(=O)OCCOC(=O)c1ccc(-c2ccc(C=O)cc2)cc1. The summed E-state index contributed by atoms with van der Waals surface area (Å²) in [6, 6.07) is 14.1. The molecule has 2 aromatic rings. The molecule has 0 fully saturated rings.